The number of aryl methyl sites for hydroxylation is 1. The summed E-state index contributed by atoms with van der Waals surface area (Å²) < 4.78 is 0. The molecule has 0 spiro atoms. The van der Waals surface area contributed by atoms with Crippen molar-refractivity contribution < 1.29 is 4.79 Å². The Balaban J connectivity index is 1.61. The second kappa shape index (κ2) is 8.58. The molecule has 1 saturated heterocycles. The van der Waals surface area contributed by atoms with Crippen LogP contribution >= 0.6 is 23.2 Å². The molecule has 3 aromatic carbocycles. The van der Waals surface area contributed by atoms with Crippen molar-refractivity contribution in [1.29, 1.82) is 0 Å². The number of hydrogen-bond acceptors (Lipinski definition) is 2. The Morgan fingerprint density at radius 2 is 1.66 bits per heavy atom. The summed E-state index contributed by atoms with van der Waals surface area (Å²) in [6, 6.07) is 23.0. The van der Waals surface area contributed by atoms with Gasteiger partial charge in [0.15, 0.2) is 0 Å². The third-order valence-electron chi connectivity index (χ3n) is 5.35. The largest absolute Gasteiger partial charge is 0.303 e. The van der Waals surface area contributed by atoms with E-state index in [0.29, 0.717) is 23.0 Å². The van der Waals surface area contributed by atoms with Crippen molar-refractivity contribution in [2.45, 2.75) is 32.0 Å². The summed E-state index contributed by atoms with van der Waals surface area (Å²) in [5.74, 6) is 0.0457. The summed E-state index contributed by atoms with van der Waals surface area (Å²) >= 11 is 12.5. The molecular formula is C24H22Cl2N2O. The van der Waals surface area contributed by atoms with Gasteiger partial charge in [0.2, 0.25) is 5.91 Å². The summed E-state index contributed by atoms with van der Waals surface area (Å²) in [6.45, 7) is 2.70. The fraction of sp³-hybridized carbons (Fsp3) is 0.208. The molecule has 148 valence electrons. The molecule has 1 aliphatic heterocycles. The predicted molar refractivity (Wildman–Crippen MR) is 120 cm³/mol. The minimum Gasteiger partial charge on any atom is -0.303 e. The quantitative estimate of drug-likeness (QED) is 0.549. The molecule has 0 aliphatic carbocycles. The first-order chi connectivity index (χ1) is 14.0. The second-order valence-corrected chi connectivity index (χ2v) is 8.22. The lowest BCUT2D eigenvalue weighted by Crippen LogP contribution is -2.38. The van der Waals surface area contributed by atoms with Gasteiger partial charge in [-0.2, -0.15) is 0 Å². The van der Waals surface area contributed by atoms with E-state index in [1.165, 1.54) is 5.56 Å². The molecule has 3 aromatic rings. The number of nitrogens with zero attached hydrogens (tertiary/aromatic N) is 1. The highest BCUT2D eigenvalue weighted by Gasteiger charge is 2.41. The molecule has 1 N–H and O–H groups in total. The minimum atomic E-state index is -0.284. The number of anilines is 1. The van der Waals surface area contributed by atoms with Crippen LogP contribution in [-0.2, 0) is 11.3 Å². The Bertz CT molecular complexity index is 1000. The van der Waals surface area contributed by atoms with Gasteiger partial charge in [-0.1, -0.05) is 71.2 Å². The van der Waals surface area contributed by atoms with Crippen LogP contribution in [0.15, 0.2) is 72.8 Å². The van der Waals surface area contributed by atoms with E-state index in [9.17, 15) is 4.79 Å². The van der Waals surface area contributed by atoms with Gasteiger partial charge in [-0.15, -0.1) is 0 Å². The number of carbonyl (C=O) groups is 1. The van der Waals surface area contributed by atoms with Crippen LogP contribution in [0.3, 0.4) is 0 Å². The average Bonchev–Trinajstić information content (AvgIpc) is 3.05. The van der Waals surface area contributed by atoms with E-state index in [-0.39, 0.29) is 18.0 Å². The highest BCUT2D eigenvalue weighted by Crippen LogP contribution is 2.40. The molecule has 3 nitrogen and oxygen atoms in total. The molecular weight excluding hydrogens is 403 g/mol. The molecule has 0 aromatic heterocycles. The first-order valence-electron chi connectivity index (χ1n) is 9.65. The SMILES string of the molecule is Cc1ccc(CN[C@@H]2C[C@@H](c3ccccc3Cl)N(c3ccc(Cl)cc3)C2=O)cc1. The van der Waals surface area contributed by atoms with E-state index in [1.807, 2.05) is 41.3 Å². The molecule has 5 heteroatoms. The van der Waals surface area contributed by atoms with Crippen molar-refractivity contribution in [3.8, 4) is 0 Å². The zero-order valence-electron chi connectivity index (χ0n) is 16.1. The molecule has 1 fully saturated rings. The first kappa shape index (κ1) is 20.0. The van der Waals surface area contributed by atoms with E-state index in [4.69, 9.17) is 23.2 Å². The Kier molecular flexibility index (Phi) is 5.91. The summed E-state index contributed by atoms with van der Waals surface area (Å²) in [6.07, 6.45) is 0.650. The van der Waals surface area contributed by atoms with Crippen LogP contribution in [-0.4, -0.2) is 11.9 Å². The Morgan fingerprint density at radius 3 is 2.34 bits per heavy atom. The van der Waals surface area contributed by atoms with Crippen molar-refractivity contribution in [2.75, 3.05) is 4.90 Å². The van der Waals surface area contributed by atoms with Crippen molar-refractivity contribution >= 4 is 34.8 Å². The van der Waals surface area contributed by atoms with Gasteiger partial charge in [0, 0.05) is 22.3 Å². The van der Waals surface area contributed by atoms with Gasteiger partial charge in [0.05, 0.1) is 12.1 Å². The fourth-order valence-corrected chi connectivity index (χ4v) is 4.18. The van der Waals surface area contributed by atoms with Crippen LogP contribution in [0.2, 0.25) is 10.0 Å². The molecule has 0 unspecified atom stereocenters. The van der Waals surface area contributed by atoms with Gasteiger partial charge >= 0.3 is 0 Å². The molecule has 0 saturated carbocycles. The van der Waals surface area contributed by atoms with Gasteiger partial charge in [-0.3, -0.25) is 4.79 Å². The first-order valence-corrected chi connectivity index (χ1v) is 10.4. The molecule has 29 heavy (non-hydrogen) atoms. The van der Waals surface area contributed by atoms with E-state index in [2.05, 4.69) is 36.5 Å². The average molecular weight is 425 g/mol. The van der Waals surface area contributed by atoms with Crippen LogP contribution in [0.5, 0.6) is 0 Å². The summed E-state index contributed by atoms with van der Waals surface area (Å²) in [5.41, 5.74) is 4.15. The maximum Gasteiger partial charge on any atom is 0.244 e. The van der Waals surface area contributed by atoms with Crippen LogP contribution in [0.25, 0.3) is 0 Å². The van der Waals surface area contributed by atoms with Gasteiger partial charge in [-0.05, 0) is 54.8 Å². The molecule has 0 bridgehead atoms. The smallest absolute Gasteiger partial charge is 0.244 e. The van der Waals surface area contributed by atoms with Gasteiger partial charge in [-0.25, -0.2) is 0 Å². The molecule has 2 atom stereocenters. The Labute approximate surface area is 181 Å². The monoisotopic (exact) mass is 424 g/mol. The van der Waals surface area contributed by atoms with Crippen LogP contribution in [0, 0.1) is 6.92 Å². The van der Waals surface area contributed by atoms with Crippen LogP contribution in [0.1, 0.15) is 29.2 Å². The molecule has 1 amide bonds. The zero-order valence-corrected chi connectivity index (χ0v) is 17.6. The number of benzene rings is 3. The van der Waals surface area contributed by atoms with E-state index >= 15 is 0 Å². The number of rotatable bonds is 5. The van der Waals surface area contributed by atoms with Gasteiger partial charge in [0.25, 0.3) is 0 Å². The van der Waals surface area contributed by atoms with Crippen molar-refractivity contribution in [1.82, 2.24) is 5.32 Å². The molecule has 1 aliphatic rings. The number of halogens is 2. The Morgan fingerprint density at radius 1 is 0.966 bits per heavy atom. The number of carbonyl (C=O) groups excluding carboxylic acids is 1. The molecule has 1 heterocycles. The van der Waals surface area contributed by atoms with E-state index in [1.54, 1.807) is 12.1 Å². The number of nitrogens with one attached hydrogen (secondary N) is 1. The second-order valence-electron chi connectivity index (χ2n) is 7.38. The number of hydrogen-bond donors (Lipinski definition) is 1. The lowest BCUT2D eigenvalue weighted by atomic mass is 10.0. The zero-order chi connectivity index (χ0) is 20.4. The number of amides is 1. The van der Waals surface area contributed by atoms with E-state index < -0.39 is 0 Å². The van der Waals surface area contributed by atoms with Crippen LogP contribution < -0.4 is 10.2 Å². The van der Waals surface area contributed by atoms with Gasteiger partial charge in [0.1, 0.15) is 0 Å². The molecule has 0 radical (unpaired) electrons. The van der Waals surface area contributed by atoms with Crippen LogP contribution in [0.4, 0.5) is 5.69 Å². The molecule has 4 rings (SSSR count). The normalized spacial score (nSPS) is 19.0. The standard InChI is InChI=1S/C24H22Cl2N2O/c1-16-6-8-17(9-7-16)15-27-22-14-23(20-4-2-3-5-21(20)26)28(24(22)29)19-12-10-18(25)11-13-19/h2-13,22-23,27H,14-15H2,1H3/t22-,23+/m1/s1. The minimum absolute atomic E-state index is 0.0457. The highest BCUT2D eigenvalue weighted by molar-refractivity contribution is 6.31. The fourth-order valence-electron chi connectivity index (χ4n) is 3.79. The topological polar surface area (TPSA) is 32.3 Å². The lowest BCUT2D eigenvalue weighted by molar-refractivity contribution is -0.119. The van der Waals surface area contributed by atoms with Crippen molar-refractivity contribution in [3.05, 3.63) is 99.5 Å². The maximum absolute atomic E-state index is 13.3. The van der Waals surface area contributed by atoms with E-state index in [0.717, 1.165) is 16.8 Å². The summed E-state index contributed by atoms with van der Waals surface area (Å²) in [4.78, 5) is 15.2. The Hall–Kier alpha value is -2.33. The lowest BCUT2D eigenvalue weighted by Gasteiger charge is -2.26. The predicted octanol–water partition coefficient (Wildman–Crippen LogP) is 5.94. The van der Waals surface area contributed by atoms with Gasteiger partial charge < -0.3 is 10.2 Å². The summed E-state index contributed by atoms with van der Waals surface area (Å²) in [7, 11) is 0. The van der Waals surface area contributed by atoms with Crippen molar-refractivity contribution in [2.24, 2.45) is 0 Å². The highest BCUT2D eigenvalue weighted by atomic mass is 35.5. The third kappa shape index (κ3) is 4.32. The third-order valence-corrected chi connectivity index (χ3v) is 5.94. The van der Waals surface area contributed by atoms with Crippen molar-refractivity contribution in [3.63, 3.8) is 0 Å². The summed E-state index contributed by atoms with van der Waals surface area (Å²) in [5, 5.41) is 4.75. The maximum atomic E-state index is 13.3.